The van der Waals surface area contributed by atoms with Crippen LogP contribution in [0.1, 0.15) is 66.5 Å². The number of nitrogens with two attached hydrogens (primary N) is 1. The number of thiophene rings is 1. The molecule has 0 saturated carbocycles. The second-order valence-corrected chi connectivity index (χ2v) is 10.5. The lowest BCUT2D eigenvalue weighted by molar-refractivity contribution is -0.119. The molecule has 4 aromatic rings. The Morgan fingerprint density at radius 1 is 1.29 bits per heavy atom. The number of aromatic nitrogens is 4. The first-order valence-electron chi connectivity index (χ1n) is 11.5. The van der Waals surface area contributed by atoms with E-state index in [9.17, 15) is 13.6 Å². The highest BCUT2D eigenvalue weighted by molar-refractivity contribution is 7.19. The number of nitrogens with zero attached hydrogens (tertiary/aromatic N) is 4. The number of rotatable bonds is 6. The third kappa shape index (κ3) is 3.88. The van der Waals surface area contributed by atoms with E-state index in [1.165, 1.54) is 17.7 Å². The molecule has 1 fully saturated rings. The minimum atomic E-state index is -2.56. The molecule has 0 unspecified atom stereocenters. The molecule has 1 amide bonds. The van der Waals surface area contributed by atoms with E-state index in [2.05, 4.69) is 15.1 Å². The maximum absolute atomic E-state index is 14.6. The fraction of sp³-hybridized carbons (Fsp3) is 0.458. The van der Waals surface area contributed by atoms with Gasteiger partial charge in [0, 0.05) is 27.6 Å². The van der Waals surface area contributed by atoms with Crippen molar-refractivity contribution in [2.45, 2.75) is 51.9 Å². The van der Waals surface area contributed by atoms with Gasteiger partial charge in [0.15, 0.2) is 5.65 Å². The number of alkyl halides is 2. The monoisotopic (exact) mass is 486 g/mol. The predicted molar refractivity (Wildman–Crippen MR) is 130 cm³/mol. The van der Waals surface area contributed by atoms with Gasteiger partial charge in [-0.1, -0.05) is 13.8 Å². The highest BCUT2D eigenvalue weighted by atomic mass is 32.1. The summed E-state index contributed by atoms with van der Waals surface area (Å²) in [5, 5.41) is 4.93. The quantitative estimate of drug-likeness (QED) is 0.402. The number of aromatic amines is 1. The molecule has 0 aromatic carbocycles. The van der Waals surface area contributed by atoms with Crippen molar-refractivity contribution in [2.75, 3.05) is 19.6 Å². The van der Waals surface area contributed by atoms with Gasteiger partial charge in [0.25, 0.3) is 6.43 Å². The van der Waals surface area contributed by atoms with E-state index in [1.807, 2.05) is 37.9 Å². The Morgan fingerprint density at radius 3 is 2.68 bits per heavy atom. The number of carbonyl (C=O) groups is 1. The Kier molecular flexibility index (Phi) is 5.89. The average Bonchev–Trinajstić information content (AvgIpc) is 3.46. The number of pyridine rings is 1. The zero-order valence-corrected chi connectivity index (χ0v) is 20.3. The molecule has 3 N–H and O–H groups in total. The molecule has 7 nitrogen and oxygen atoms in total. The Bertz CT molecular complexity index is 1360. The second-order valence-electron chi connectivity index (χ2n) is 9.41. The molecule has 0 spiro atoms. The first-order valence-corrected chi connectivity index (χ1v) is 12.3. The summed E-state index contributed by atoms with van der Waals surface area (Å²) < 4.78 is 30.9. The highest BCUT2D eigenvalue weighted by Crippen LogP contribution is 2.49. The summed E-state index contributed by atoms with van der Waals surface area (Å²) in [5.74, 6) is -0.256. The lowest BCUT2D eigenvalue weighted by atomic mass is 9.90. The number of nitrogens with one attached hydrogen (secondary N) is 1. The van der Waals surface area contributed by atoms with E-state index in [4.69, 9.17) is 5.73 Å². The van der Waals surface area contributed by atoms with E-state index >= 15 is 0 Å². The van der Waals surface area contributed by atoms with E-state index in [0.29, 0.717) is 18.5 Å². The molecule has 180 valence electrons. The van der Waals surface area contributed by atoms with Crippen molar-refractivity contribution in [3.63, 3.8) is 0 Å². The summed E-state index contributed by atoms with van der Waals surface area (Å²) in [7, 11) is 0. The smallest absolute Gasteiger partial charge is 0.265 e. The SMILES string of the molecule is Cc1cc(-c2[nH]c3sc(C4CCN(CC(N)=O)CC4)c(C(F)F)c3c2C(C)C)cn2ncnc12. The number of amides is 1. The van der Waals surface area contributed by atoms with Crippen molar-refractivity contribution in [1.82, 2.24) is 24.5 Å². The van der Waals surface area contributed by atoms with Crippen LogP contribution in [0.15, 0.2) is 18.6 Å². The van der Waals surface area contributed by atoms with Crippen LogP contribution in [0.2, 0.25) is 0 Å². The van der Waals surface area contributed by atoms with E-state index in [1.54, 1.807) is 4.52 Å². The topological polar surface area (TPSA) is 92.3 Å². The molecule has 5 rings (SSSR count). The zero-order chi connectivity index (χ0) is 24.1. The number of fused-ring (bicyclic) bond motifs is 2. The lowest BCUT2D eigenvalue weighted by Crippen LogP contribution is -2.39. The Morgan fingerprint density at radius 2 is 2.03 bits per heavy atom. The minimum absolute atomic E-state index is 0.0489. The fourth-order valence-electron chi connectivity index (χ4n) is 5.25. The summed E-state index contributed by atoms with van der Waals surface area (Å²) in [6, 6.07) is 2.03. The normalized spacial score (nSPS) is 16.0. The molecule has 1 saturated heterocycles. The van der Waals surface area contributed by atoms with Gasteiger partial charge >= 0.3 is 0 Å². The molecule has 0 bridgehead atoms. The summed E-state index contributed by atoms with van der Waals surface area (Å²) in [5.41, 5.74) is 9.92. The van der Waals surface area contributed by atoms with Gasteiger partial charge in [-0.3, -0.25) is 9.69 Å². The van der Waals surface area contributed by atoms with Gasteiger partial charge in [0.2, 0.25) is 5.91 Å². The van der Waals surface area contributed by atoms with Gasteiger partial charge in [-0.2, -0.15) is 5.10 Å². The molecule has 5 heterocycles. The number of carbonyl (C=O) groups excluding carboxylic acids is 1. The number of H-pyrrole nitrogens is 1. The molecule has 0 radical (unpaired) electrons. The van der Waals surface area contributed by atoms with Gasteiger partial charge in [0.05, 0.1) is 12.2 Å². The second kappa shape index (κ2) is 8.74. The Hall–Kier alpha value is -2.85. The Labute approximate surface area is 200 Å². The largest absolute Gasteiger partial charge is 0.369 e. The van der Waals surface area contributed by atoms with E-state index < -0.39 is 6.43 Å². The van der Waals surface area contributed by atoms with Crippen LogP contribution in [0.25, 0.3) is 27.1 Å². The van der Waals surface area contributed by atoms with Gasteiger partial charge in [-0.15, -0.1) is 11.3 Å². The molecule has 0 atom stereocenters. The van der Waals surface area contributed by atoms with Gasteiger partial charge in [0.1, 0.15) is 11.2 Å². The third-order valence-electron chi connectivity index (χ3n) is 6.73. The Balaban J connectivity index is 1.60. The summed E-state index contributed by atoms with van der Waals surface area (Å²) in [6.07, 6.45) is 2.32. The number of primary amides is 1. The first-order chi connectivity index (χ1) is 16.2. The number of halogens is 2. The van der Waals surface area contributed by atoms with Crippen LogP contribution < -0.4 is 5.73 Å². The predicted octanol–water partition coefficient (Wildman–Crippen LogP) is 4.97. The standard InChI is InChI=1S/C24H28F2N6OS/c1-12(2)17-18-19(22(25)26)21(14-4-6-31(7-5-14)10-16(27)33)34-24(18)30-20(17)15-8-13(3)23-28-11-29-32(23)9-15/h8-9,11-12,14,22,30H,4-7,10H2,1-3H3,(H2,27,33). The maximum atomic E-state index is 14.6. The van der Waals surface area contributed by atoms with Crippen LogP contribution in [-0.4, -0.2) is 50.0 Å². The minimum Gasteiger partial charge on any atom is -0.369 e. The van der Waals surface area contributed by atoms with Crippen molar-refractivity contribution in [2.24, 2.45) is 5.73 Å². The van der Waals surface area contributed by atoms with Crippen molar-refractivity contribution in [1.29, 1.82) is 0 Å². The summed E-state index contributed by atoms with van der Waals surface area (Å²) in [4.78, 5) is 22.6. The molecule has 0 aliphatic carbocycles. The molecular formula is C24H28F2N6OS. The van der Waals surface area contributed by atoms with Crippen molar-refractivity contribution in [3.8, 4) is 11.3 Å². The lowest BCUT2D eigenvalue weighted by Gasteiger charge is -2.31. The van der Waals surface area contributed by atoms with Crippen LogP contribution >= 0.6 is 11.3 Å². The number of likely N-dealkylation sites (tertiary alicyclic amines) is 1. The van der Waals surface area contributed by atoms with Crippen molar-refractivity contribution < 1.29 is 13.6 Å². The summed E-state index contributed by atoms with van der Waals surface area (Å²) in [6.45, 7) is 7.64. The van der Waals surface area contributed by atoms with Crippen LogP contribution in [-0.2, 0) is 4.79 Å². The van der Waals surface area contributed by atoms with Crippen LogP contribution in [0.5, 0.6) is 0 Å². The van der Waals surface area contributed by atoms with Gasteiger partial charge < -0.3 is 10.7 Å². The molecule has 10 heteroatoms. The van der Waals surface area contributed by atoms with Crippen molar-refractivity contribution in [3.05, 3.63) is 40.2 Å². The average molecular weight is 487 g/mol. The van der Waals surface area contributed by atoms with Gasteiger partial charge in [-0.05, 0) is 61.9 Å². The fourth-order valence-corrected chi connectivity index (χ4v) is 6.65. The molecule has 4 aromatic heterocycles. The highest BCUT2D eigenvalue weighted by Gasteiger charge is 2.32. The number of piperidine rings is 1. The number of hydrogen-bond donors (Lipinski definition) is 2. The summed E-state index contributed by atoms with van der Waals surface area (Å²) >= 11 is 1.45. The molecule has 1 aliphatic rings. The van der Waals surface area contributed by atoms with Crippen LogP contribution in [0.4, 0.5) is 8.78 Å². The van der Waals surface area contributed by atoms with E-state index in [0.717, 1.165) is 50.6 Å². The first kappa shape index (κ1) is 22.9. The molecular weight excluding hydrogens is 458 g/mol. The zero-order valence-electron chi connectivity index (χ0n) is 19.4. The maximum Gasteiger partial charge on any atom is 0.265 e. The van der Waals surface area contributed by atoms with Gasteiger partial charge in [-0.25, -0.2) is 18.3 Å². The molecule has 34 heavy (non-hydrogen) atoms. The number of hydrogen-bond acceptors (Lipinski definition) is 5. The molecule has 1 aliphatic heterocycles. The van der Waals surface area contributed by atoms with Crippen LogP contribution in [0.3, 0.4) is 0 Å². The van der Waals surface area contributed by atoms with Crippen LogP contribution in [0, 0.1) is 6.92 Å². The third-order valence-corrected chi connectivity index (χ3v) is 8.02. The van der Waals surface area contributed by atoms with E-state index in [-0.39, 0.29) is 29.9 Å². The number of aryl methyl sites for hydroxylation is 1. The van der Waals surface area contributed by atoms with Crippen molar-refractivity contribution >= 4 is 33.1 Å².